The molecule has 0 saturated carbocycles. The molecule has 4 heteroatoms. The zero-order valence-corrected chi connectivity index (χ0v) is 13.8. The van der Waals surface area contributed by atoms with E-state index in [-0.39, 0.29) is 5.97 Å². The Morgan fingerprint density at radius 1 is 1.30 bits per heavy atom. The number of carbonyl (C=O) groups excluding carboxylic acids is 1. The van der Waals surface area contributed by atoms with Gasteiger partial charge in [-0.15, -0.1) is 0 Å². The summed E-state index contributed by atoms with van der Waals surface area (Å²) >= 11 is 0. The van der Waals surface area contributed by atoms with E-state index in [0.29, 0.717) is 18.9 Å². The number of carbonyl (C=O) groups is 1. The van der Waals surface area contributed by atoms with Crippen molar-refractivity contribution >= 4 is 16.9 Å². The molecule has 124 valence electrons. The third kappa shape index (κ3) is 4.14. The van der Waals surface area contributed by atoms with Crippen LogP contribution >= 0.6 is 0 Å². The fourth-order valence-electron chi connectivity index (χ4n) is 3.31. The predicted octanol–water partition coefficient (Wildman–Crippen LogP) is 3.47. The zero-order chi connectivity index (χ0) is 16.1. The van der Waals surface area contributed by atoms with Gasteiger partial charge in [-0.25, -0.2) is 0 Å². The van der Waals surface area contributed by atoms with Gasteiger partial charge in [0.05, 0.1) is 6.61 Å². The van der Waals surface area contributed by atoms with Gasteiger partial charge in [0, 0.05) is 43.8 Å². The van der Waals surface area contributed by atoms with Crippen molar-refractivity contribution in [2.24, 2.45) is 13.0 Å². The van der Waals surface area contributed by atoms with E-state index in [0.717, 1.165) is 38.9 Å². The first-order valence-corrected chi connectivity index (χ1v) is 8.50. The highest BCUT2D eigenvalue weighted by molar-refractivity contribution is 5.84. The number of rotatable bonds is 6. The summed E-state index contributed by atoms with van der Waals surface area (Å²) in [6, 6.07) is 8.29. The van der Waals surface area contributed by atoms with Crippen LogP contribution in [0.5, 0.6) is 0 Å². The molecular formula is C19H25NO3. The van der Waals surface area contributed by atoms with Gasteiger partial charge in [0.15, 0.2) is 0 Å². The molecule has 3 rings (SSSR count). The summed E-state index contributed by atoms with van der Waals surface area (Å²) in [6.45, 7) is 2.23. The van der Waals surface area contributed by atoms with E-state index in [1.165, 1.54) is 16.5 Å². The third-order valence-corrected chi connectivity index (χ3v) is 4.71. The highest BCUT2D eigenvalue weighted by Gasteiger charge is 2.14. The molecule has 2 heterocycles. The fraction of sp³-hybridized carbons (Fsp3) is 0.526. The minimum atomic E-state index is -0.0926. The lowest BCUT2D eigenvalue weighted by atomic mass is 9.97. The van der Waals surface area contributed by atoms with Crippen molar-refractivity contribution in [3.63, 3.8) is 0 Å². The number of fused-ring (bicyclic) bond motifs is 1. The Balaban J connectivity index is 1.45. The molecule has 0 aliphatic carbocycles. The number of nitrogens with zero attached hydrogens (tertiary/aromatic N) is 1. The van der Waals surface area contributed by atoms with Crippen LogP contribution in [-0.4, -0.2) is 30.4 Å². The molecule has 4 nitrogen and oxygen atoms in total. The van der Waals surface area contributed by atoms with Crippen LogP contribution in [0.4, 0.5) is 0 Å². The predicted molar refractivity (Wildman–Crippen MR) is 90.4 cm³/mol. The fourth-order valence-corrected chi connectivity index (χ4v) is 3.31. The summed E-state index contributed by atoms with van der Waals surface area (Å²) in [4.78, 5) is 11.9. The molecule has 2 aromatic rings. The largest absolute Gasteiger partial charge is 0.466 e. The Labute approximate surface area is 137 Å². The van der Waals surface area contributed by atoms with E-state index >= 15 is 0 Å². The van der Waals surface area contributed by atoms with Gasteiger partial charge in [-0.05, 0) is 43.2 Å². The Kier molecular flexibility index (Phi) is 5.34. The molecule has 0 radical (unpaired) electrons. The Hall–Kier alpha value is -1.81. The first-order chi connectivity index (χ1) is 11.2. The van der Waals surface area contributed by atoms with Gasteiger partial charge in [0.1, 0.15) is 0 Å². The first-order valence-electron chi connectivity index (χ1n) is 8.50. The van der Waals surface area contributed by atoms with E-state index in [4.69, 9.17) is 9.47 Å². The van der Waals surface area contributed by atoms with Crippen molar-refractivity contribution in [2.45, 2.75) is 32.1 Å². The van der Waals surface area contributed by atoms with Crippen molar-refractivity contribution in [1.29, 1.82) is 0 Å². The minimum Gasteiger partial charge on any atom is -0.466 e. The monoisotopic (exact) mass is 315 g/mol. The summed E-state index contributed by atoms with van der Waals surface area (Å²) in [6.07, 6.45) is 6.43. The van der Waals surface area contributed by atoms with Gasteiger partial charge in [-0.1, -0.05) is 18.2 Å². The summed E-state index contributed by atoms with van der Waals surface area (Å²) < 4.78 is 12.9. The van der Waals surface area contributed by atoms with E-state index in [1.807, 2.05) is 19.2 Å². The van der Waals surface area contributed by atoms with Gasteiger partial charge < -0.3 is 14.0 Å². The Bertz CT molecular complexity index is 656. The molecule has 23 heavy (non-hydrogen) atoms. The maximum atomic E-state index is 11.9. The van der Waals surface area contributed by atoms with Crippen LogP contribution in [0.25, 0.3) is 10.9 Å². The quantitative estimate of drug-likeness (QED) is 0.766. The number of ether oxygens (including phenoxy) is 2. The number of hydrogen-bond donors (Lipinski definition) is 0. The maximum absolute atomic E-state index is 11.9. The molecule has 1 aliphatic heterocycles. The lowest BCUT2D eigenvalue weighted by Gasteiger charge is -2.21. The topological polar surface area (TPSA) is 40.5 Å². The van der Waals surface area contributed by atoms with Crippen LogP contribution < -0.4 is 0 Å². The van der Waals surface area contributed by atoms with Gasteiger partial charge in [-0.2, -0.15) is 0 Å². The summed E-state index contributed by atoms with van der Waals surface area (Å²) in [5.74, 6) is 0.555. The highest BCUT2D eigenvalue weighted by Crippen LogP contribution is 2.22. The number of para-hydroxylation sites is 1. The van der Waals surface area contributed by atoms with E-state index in [2.05, 4.69) is 22.9 Å². The number of esters is 1. The average molecular weight is 315 g/mol. The van der Waals surface area contributed by atoms with Gasteiger partial charge >= 0.3 is 5.97 Å². The van der Waals surface area contributed by atoms with Gasteiger partial charge in [0.25, 0.3) is 0 Å². The molecule has 0 unspecified atom stereocenters. The van der Waals surface area contributed by atoms with Crippen molar-refractivity contribution in [3.8, 4) is 0 Å². The van der Waals surface area contributed by atoms with Crippen LogP contribution in [-0.2, 0) is 27.7 Å². The zero-order valence-electron chi connectivity index (χ0n) is 13.8. The van der Waals surface area contributed by atoms with Crippen LogP contribution in [0, 0.1) is 5.92 Å². The maximum Gasteiger partial charge on any atom is 0.306 e. The molecular weight excluding hydrogens is 290 g/mol. The van der Waals surface area contributed by atoms with Crippen molar-refractivity contribution in [3.05, 3.63) is 36.0 Å². The van der Waals surface area contributed by atoms with Crippen LogP contribution in [0.2, 0.25) is 0 Å². The Morgan fingerprint density at radius 2 is 2.09 bits per heavy atom. The lowest BCUT2D eigenvalue weighted by Crippen LogP contribution is -2.18. The van der Waals surface area contributed by atoms with Crippen LogP contribution in [0.15, 0.2) is 30.5 Å². The molecule has 0 atom stereocenters. The number of benzene rings is 1. The standard InChI is InChI=1S/C19H25NO3/c1-20-14-16(17-4-2-3-5-18(17)20)6-7-19(21)23-13-10-15-8-11-22-12-9-15/h2-5,14-15H,6-13H2,1H3. The smallest absolute Gasteiger partial charge is 0.306 e. The van der Waals surface area contributed by atoms with Crippen molar-refractivity contribution in [1.82, 2.24) is 4.57 Å². The minimum absolute atomic E-state index is 0.0926. The molecule has 1 saturated heterocycles. The molecule has 0 N–H and O–H groups in total. The molecule has 1 fully saturated rings. The van der Waals surface area contributed by atoms with E-state index < -0.39 is 0 Å². The molecule has 0 amide bonds. The average Bonchev–Trinajstić information content (AvgIpc) is 2.91. The molecule has 1 aromatic heterocycles. The van der Waals surface area contributed by atoms with E-state index in [1.54, 1.807) is 0 Å². The van der Waals surface area contributed by atoms with Gasteiger partial charge in [0.2, 0.25) is 0 Å². The number of aromatic nitrogens is 1. The van der Waals surface area contributed by atoms with Crippen molar-refractivity contribution < 1.29 is 14.3 Å². The summed E-state index contributed by atoms with van der Waals surface area (Å²) in [7, 11) is 2.04. The second-order valence-electron chi connectivity index (χ2n) is 6.35. The Morgan fingerprint density at radius 3 is 2.91 bits per heavy atom. The molecule has 1 aromatic carbocycles. The van der Waals surface area contributed by atoms with Crippen LogP contribution in [0.1, 0.15) is 31.2 Å². The molecule has 1 aliphatic rings. The number of aryl methyl sites for hydroxylation is 2. The molecule has 0 spiro atoms. The highest BCUT2D eigenvalue weighted by atomic mass is 16.5. The SMILES string of the molecule is Cn1cc(CCC(=O)OCCC2CCOCC2)c2ccccc21. The van der Waals surface area contributed by atoms with Crippen molar-refractivity contribution in [2.75, 3.05) is 19.8 Å². The lowest BCUT2D eigenvalue weighted by molar-refractivity contribution is -0.144. The molecule has 0 bridgehead atoms. The van der Waals surface area contributed by atoms with E-state index in [9.17, 15) is 4.79 Å². The summed E-state index contributed by atoms with van der Waals surface area (Å²) in [5, 5.41) is 1.23. The second-order valence-corrected chi connectivity index (χ2v) is 6.35. The number of hydrogen-bond acceptors (Lipinski definition) is 3. The first kappa shape index (κ1) is 16.1. The normalized spacial score (nSPS) is 15.9. The summed E-state index contributed by atoms with van der Waals surface area (Å²) in [5.41, 5.74) is 2.42. The third-order valence-electron chi connectivity index (χ3n) is 4.71. The second kappa shape index (κ2) is 7.64. The van der Waals surface area contributed by atoms with Gasteiger partial charge in [-0.3, -0.25) is 4.79 Å². The van der Waals surface area contributed by atoms with Crippen LogP contribution in [0.3, 0.4) is 0 Å².